The predicted molar refractivity (Wildman–Crippen MR) is 124 cm³/mol. The number of hydrogen-bond acceptors (Lipinski definition) is 7. The second kappa shape index (κ2) is 9.73. The zero-order valence-corrected chi connectivity index (χ0v) is 19.2. The molecule has 0 atom stereocenters. The number of rotatable bonds is 6. The predicted octanol–water partition coefficient (Wildman–Crippen LogP) is 3.87. The summed E-state index contributed by atoms with van der Waals surface area (Å²) >= 11 is 6.56. The summed E-state index contributed by atoms with van der Waals surface area (Å²) in [4.78, 5) is 22.2. The van der Waals surface area contributed by atoms with Crippen molar-refractivity contribution in [1.29, 1.82) is 0 Å². The molecule has 7 nitrogen and oxygen atoms in total. The van der Waals surface area contributed by atoms with Crippen molar-refractivity contribution in [2.45, 2.75) is 6.54 Å². The third kappa shape index (κ3) is 4.65. The molecule has 1 aliphatic rings. The Hall–Kier alpha value is -2.87. The average molecular weight is 456 g/mol. The van der Waals surface area contributed by atoms with E-state index in [4.69, 9.17) is 25.8 Å². The smallest absolute Gasteiger partial charge is 0.343 e. The van der Waals surface area contributed by atoms with Gasteiger partial charge in [0.2, 0.25) is 0 Å². The Morgan fingerprint density at radius 3 is 2.53 bits per heavy atom. The van der Waals surface area contributed by atoms with E-state index in [0.717, 1.165) is 37.1 Å². The normalized spacial score (nSPS) is 15.0. The molecule has 1 aromatic heterocycles. The number of pyridine rings is 1. The van der Waals surface area contributed by atoms with Crippen molar-refractivity contribution in [2.75, 3.05) is 47.4 Å². The van der Waals surface area contributed by atoms with E-state index in [9.17, 15) is 4.79 Å². The zero-order chi connectivity index (χ0) is 22.7. The topological polar surface area (TPSA) is 64.1 Å². The number of nitrogens with zero attached hydrogens (tertiary/aromatic N) is 3. The summed E-state index contributed by atoms with van der Waals surface area (Å²) in [7, 11) is 5.19. The van der Waals surface area contributed by atoms with Gasteiger partial charge in [0.1, 0.15) is 5.52 Å². The van der Waals surface area contributed by atoms with Gasteiger partial charge in [-0.1, -0.05) is 11.6 Å². The zero-order valence-electron chi connectivity index (χ0n) is 18.4. The number of halogens is 1. The van der Waals surface area contributed by atoms with Crippen LogP contribution in [-0.2, 0) is 6.54 Å². The molecule has 32 heavy (non-hydrogen) atoms. The lowest BCUT2D eigenvalue weighted by Crippen LogP contribution is -2.43. The Kier molecular flexibility index (Phi) is 6.79. The molecule has 0 bridgehead atoms. The van der Waals surface area contributed by atoms with E-state index in [-0.39, 0.29) is 0 Å². The molecule has 1 fully saturated rings. The number of aromatic nitrogens is 1. The molecule has 0 unspecified atom stereocenters. The van der Waals surface area contributed by atoms with Crippen LogP contribution in [0.2, 0.25) is 5.02 Å². The lowest BCUT2D eigenvalue weighted by molar-refractivity contribution is 0.0731. The molecule has 0 saturated carbocycles. The molecule has 2 aromatic carbocycles. The Balaban J connectivity index is 1.70. The molecule has 168 valence electrons. The Labute approximate surface area is 192 Å². The van der Waals surface area contributed by atoms with E-state index in [1.165, 1.54) is 7.11 Å². The first-order valence-electron chi connectivity index (χ1n) is 10.4. The van der Waals surface area contributed by atoms with E-state index in [1.807, 2.05) is 18.2 Å². The summed E-state index contributed by atoms with van der Waals surface area (Å²) in [5.41, 5.74) is 1.75. The van der Waals surface area contributed by atoms with Crippen LogP contribution in [0.3, 0.4) is 0 Å². The second-order valence-corrected chi connectivity index (χ2v) is 8.19. The summed E-state index contributed by atoms with van der Waals surface area (Å²) in [5, 5.41) is 1.33. The third-order valence-corrected chi connectivity index (χ3v) is 5.99. The third-order valence-electron chi connectivity index (χ3n) is 5.68. The molecule has 1 saturated heterocycles. The van der Waals surface area contributed by atoms with E-state index >= 15 is 0 Å². The van der Waals surface area contributed by atoms with Crippen LogP contribution >= 0.6 is 11.6 Å². The fourth-order valence-electron chi connectivity index (χ4n) is 3.82. The maximum absolute atomic E-state index is 13.1. The van der Waals surface area contributed by atoms with Crippen molar-refractivity contribution in [3.8, 4) is 17.2 Å². The molecule has 2 heterocycles. The van der Waals surface area contributed by atoms with Crippen molar-refractivity contribution in [3.63, 3.8) is 0 Å². The van der Waals surface area contributed by atoms with Crippen LogP contribution in [0.25, 0.3) is 10.9 Å². The van der Waals surface area contributed by atoms with Gasteiger partial charge in [0.05, 0.1) is 24.8 Å². The molecular weight excluding hydrogens is 430 g/mol. The minimum atomic E-state index is -0.500. The molecule has 0 aliphatic carbocycles. The van der Waals surface area contributed by atoms with E-state index in [2.05, 4.69) is 21.8 Å². The average Bonchev–Trinajstić information content (AvgIpc) is 2.82. The monoisotopic (exact) mass is 455 g/mol. The minimum Gasteiger partial charge on any atom is -0.493 e. The number of piperazine rings is 1. The lowest BCUT2D eigenvalue weighted by Gasteiger charge is -2.32. The molecule has 3 aromatic rings. The molecule has 8 heteroatoms. The lowest BCUT2D eigenvalue weighted by atomic mass is 10.1. The van der Waals surface area contributed by atoms with Crippen LogP contribution in [0.1, 0.15) is 15.9 Å². The standard InChI is InChI=1S/C24H26ClN3O4/c1-27-9-11-28(12-10-27)15-17-13-19(25)18-5-4-8-26-22(18)23(17)32-24(29)16-6-7-20(30-2)21(14-16)31-3/h4-8,13-14H,9-12,15H2,1-3H3. The van der Waals surface area contributed by atoms with E-state index < -0.39 is 5.97 Å². The number of methoxy groups -OCH3 is 2. The first-order valence-corrected chi connectivity index (χ1v) is 10.8. The van der Waals surface area contributed by atoms with Gasteiger partial charge in [0, 0.05) is 49.9 Å². The molecule has 0 amide bonds. The second-order valence-electron chi connectivity index (χ2n) is 7.78. The highest BCUT2D eigenvalue weighted by atomic mass is 35.5. The highest BCUT2D eigenvalue weighted by molar-refractivity contribution is 6.35. The number of ether oxygens (including phenoxy) is 3. The van der Waals surface area contributed by atoms with Crippen LogP contribution in [0, 0.1) is 0 Å². The molecule has 0 spiro atoms. The minimum absolute atomic E-state index is 0.354. The molecule has 4 rings (SSSR count). The number of carbonyl (C=O) groups is 1. The molecule has 1 aliphatic heterocycles. The first-order chi connectivity index (χ1) is 15.5. The van der Waals surface area contributed by atoms with Crippen LogP contribution in [0.5, 0.6) is 17.2 Å². The van der Waals surface area contributed by atoms with Crippen LogP contribution in [-0.4, -0.2) is 68.2 Å². The summed E-state index contributed by atoms with van der Waals surface area (Å²) in [6.07, 6.45) is 1.67. The van der Waals surface area contributed by atoms with E-state index in [0.29, 0.717) is 39.9 Å². The van der Waals surface area contributed by atoms with Crippen LogP contribution < -0.4 is 14.2 Å². The first kappa shape index (κ1) is 22.3. The summed E-state index contributed by atoms with van der Waals surface area (Å²) in [6.45, 7) is 4.45. The van der Waals surface area contributed by atoms with Crippen molar-refractivity contribution in [2.24, 2.45) is 0 Å². The van der Waals surface area contributed by atoms with Gasteiger partial charge >= 0.3 is 5.97 Å². The summed E-state index contributed by atoms with van der Waals surface area (Å²) < 4.78 is 16.5. The molecule has 0 N–H and O–H groups in total. The van der Waals surface area contributed by atoms with E-state index in [1.54, 1.807) is 31.5 Å². The van der Waals surface area contributed by atoms with Crippen molar-refractivity contribution in [1.82, 2.24) is 14.8 Å². The van der Waals surface area contributed by atoms with Crippen molar-refractivity contribution in [3.05, 3.63) is 58.7 Å². The maximum Gasteiger partial charge on any atom is 0.343 e. The number of esters is 1. The van der Waals surface area contributed by atoms with Crippen molar-refractivity contribution >= 4 is 28.5 Å². The SMILES string of the molecule is COc1ccc(C(=O)Oc2c(CN3CCN(C)CC3)cc(Cl)c3cccnc23)cc1OC. The van der Waals surface area contributed by atoms with Gasteiger partial charge in [-0.15, -0.1) is 0 Å². The summed E-state index contributed by atoms with van der Waals surface area (Å²) in [6, 6.07) is 10.5. The quantitative estimate of drug-likeness (QED) is 0.413. The van der Waals surface area contributed by atoms with Crippen molar-refractivity contribution < 1.29 is 19.0 Å². The fraction of sp³-hybridized carbons (Fsp3) is 0.333. The Morgan fingerprint density at radius 2 is 1.81 bits per heavy atom. The number of fused-ring (bicyclic) bond motifs is 1. The highest BCUT2D eigenvalue weighted by Crippen LogP contribution is 2.36. The van der Waals surface area contributed by atoms with Gasteiger partial charge in [0.25, 0.3) is 0 Å². The van der Waals surface area contributed by atoms with Crippen LogP contribution in [0.15, 0.2) is 42.6 Å². The number of benzene rings is 2. The number of likely N-dealkylation sites (N-methyl/N-ethyl adjacent to an activating group) is 1. The van der Waals surface area contributed by atoms with Gasteiger partial charge in [-0.25, -0.2) is 4.79 Å². The Bertz CT molecular complexity index is 1130. The molecular formula is C24H26ClN3O4. The Morgan fingerprint density at radius 1 is 1.06 bits per heavy atom. The number of hydrogen-bond donors (Lipinski definition) is 0. The van der Waals surface area contributed by atoms with Gasteiger partial charge < -0.3 is 19.1 Å². The van der Waals surface area contributed by atoms with Gasteiger partial charge in [0.15, 0.2) is 17.2 Å². The largest absolute Gasteiger partial charge is 0.493 e. The molecule has 0 radical (unpaired) electrons. The number of carbonyl (C=O) groups excluding carboxylic acids is 1. The maximum atomic E-state index is 13.1. The fourth-order valence-corrected chi connectivity index (χ4v) is 4.10. The van der Waals surface area contributed by atoms with Gasteiger partial charge in [-0.05, 0) is 43.4 Å². The van der Waals surface area contributed by atoms with Gasteiger partial charge in [-0.2, -0.15) is 0 Å². The summed E-state index contributed by atoms with van der Waals surface area (Å²) in [5.74, 6) is 0.931. The van der Waals surface area contributed by atoms with Crippen LogP contribution in [0.4, 0.5) is 0 Å². The van der Waals surface area contributed by atoms with Gasteiger partial charge in [-0.3, -0.25) is 9.88 Å². The highest BCUT2D eigenvalue weighted by Gasteiger charge is 2.22.